The van der Waals surface area contributed by atoms with Crippen LogP contribution < -0.4 is 5.32 Å². The molecular formula is C56H113NO3. The van der Waals surface area contributed by atoms with Crippen molar-refractivity contribution >= 4 is 5.91 Å². The van der Waals surface area contributed by atoms with Gasteiger partial charge in [0.05, 0.1) is 18.8 Å². The first-order valence-electron chi connectivity index (χ1n) is 28.2. The van der Waals surface area contributed by atoms with Gasteiger partial charge in [0.2, 0.25) is 5.91 Å². The predicted molar refractivity (Wildman–Crippen MR) is 267 cm³/mol. The second kappa shape index (κ2) is 52.7. The van der Waals surface area contributed by atoms with Crippen molar-refractivity contribution in [2.75, 3.05) is 6.61 Å². The summed E-state index contributed by atoms with van der Waals surface area (Å²) in [5, 5.41) is 23.3. The van der Waals surface area contributed by atoms with Gasteiger partial charge in [-0.2, -0.15) is 0 Å². The molecule has 60 heavy (non-hydrogen) atoms. The molecular weight excluding hydrogens is 735 g/mol. The summed E-state index contributed by atoms with van der Waals surface area (Å²) in [5.74, 6) is -0.0225. The second-order valence-electron chi connectivity index (χ2n) is 19.7. The molecule has 0 rings (SSSR count). The van der Waals surface area contributed by atoms with Crippen LogP contribution in [0.15, 0.2) is 0 Å². The molecule has 0 saturated carbocycles. The third-order valence-electron chi connectivity index (χ3n) is 13.6. The van der Waals surface area contributed by atoms with Crippen LogP contribution in [0, 0.1) is 0 Å². The Morgan fingerprint density at radius 1 is 0.333 bits per heavy atom. The van der Waals surface area contributed by atoms with Crippen molar-refractivity contribution in [3.05, 3.63) is 0 Å². The fourth-order valence-electron chi connectivity index (χ4n) is 9.31. The fourth-order valence-corrected chi connectivity index (χ4v) is 9.31. The van der Waals surface area contributed by atoms with Crippen molar-refractivity contribution in [3.63, 3.8) is 0 Å². The van der Waals surface area contributed by atoms with Crippen LogP contribution >= 0.6 is 0 Å². The van der Waals surface area contributed by atoms with Gasteiger partial charge in [0.15, 0.2) is 0 Å². The molecule has 0 aromatic heterocycles. The van der Waals surface area contributed by atoms with Gasteiger partial charge in [-0.1, -0.05) is 316 Å². The zero-order chi connectivity index (χ0) is 43.5. The van der Waals surface area contributed by atoms with Crippen LogP contribution in [0.5, 0.6) is 0 Å². The van der Waals surface area contributed by atoms with E-state index in [-0.39, 0.29) is 12.5 Å². The van der Waals surface area contributed by atoms with Gasteiger partial charge in [0, 0.05) is 6.42 Å². The van der Waals surface area contributed by atoms with E-state index in [1.165, 1.54) is 283 Å². The molecule has 0 aromatic carbocycles. The Balaban J connectivity index is 3.36. The van der Waals surface area contributed by atoms with Gasteiger partial charge in [-0.3, -0.25) is 4.79 Å². The average molecular weight is 849 g/mol. The Bertz CT molecular complexity index is 788. The molecule has 0 spiro atoms. The molecule has 4 heteroatoms. The Morgan fingerprint density at radius 2 is 0.533 bits per heavy atom. The minimum Gasteiger partial charge on any atom is -0.394 e. The van der Waals surface area contributed by atoms with Crippen LogP contribution in [-0.4, -0.2) is 34.9 Å². The number of rotatable bonds is 53. The molecule has 0 saturated heterocycles. The Labute approximate surface area is 378 Å². The van der Waals surface area contributed by atoms with E-state index in [1.807, 2.05) is 0 Å². The summed E-state index contributed by atoms with van der Waals surface area (Å²) >= 11 is 0. The first kappa shape index (κ1) is 59.4. The third kappa shape index (κ3) is 48.4. The monoisotopic (exact) mass is 848 g/mol. The van der Waals surface area contributed by atoms with Crippen molar-refractivity contribution in [1.82, 2.24) is 5.32 Å². The molecule has 0 bridgehead atoms. The molecule has 0 aromatic rings. The van der Waals surface area contributed by atoms with Crippen molar-refractivity contribution in [1.29, 1.82) is 0 Å². The number of nitrogens with one attached hydrogen (secondary N) is 1. The summed E-state index contributed by atoms with van der Waals surface area (Å²) in [6.07, 6.45) is 66.7. The number of aliphatic hydroxyl groups excluding tert-OH is 2. The zero-order valence-electron chi connectivity index (χ0n) is 41.5. The molecule has 0 aliphatic carbocycles. The number of aliphatic hydroxyl groups is 2. The van der Waals surface area contributed by atoms with Crippen LogP contribution in [0.25, 0.3) is 0 Å². The van der Waals surface area contributed by atoms with Crippen LogP contribution in [0.4, 0.5) is 0 Å². The molecule has 2 atom stereocenters. The number of hydrogen-bond donors (Lipinski definition) is 3. The molecule has 360 valence electrons. The average Bonchev–Trinajstić information content (AvgIpc) is 3.25. The molecule has 0 aliphatic heterocycles. The van der Waals surface area contributed by atoms with Crippen LogP contribution in [0.3, 0.4) is 0 Å². The molecule has 1 amide bonds. The summed E-state index contributed by atoms with van der Waals surface area (Å²) in [6.45, 7) is 4.40. The first-order valence-corrected chi connectivity index (χ1v) is 28.2. The molecule has 0 unspecified atom stereocenters. The van der Waals surface area contributed by atoms with Gasteiger partial charge in [-0.15, -0.1) is 0 Å². The highest BCUT2D eigenvalue weighted by Gasteiger charge is 2.20. The minimum absolute atomic E-state index is 0.0225. The normalized spacial score (nSPS) is 12.7. The van der Waals surface area contributed by atoms with E-state index in [9.17, 15) is 15.0 Å². The van der Waals surface area contributed by atoms with E-state index < -0.39 is 12.1 Å². The van der Waals surface area contributed by atoms with Crippen LogP contribution in [-0.2, 0) is 4.79 Å². The van der Waals surface area contributed by atoms with Gasteiger partial charge in [0.25, 0.3) is 0 Å². The van der Waals surface area contributed by atoms with Gasteiger partial charge < -0.3 is 15.5 Å². The van der Waals surface area contributed by atoms with E-state index in [4.69, 9.17) is 0 Å². The summed E-state index contributed by atoms with van der Waals surface area (Å²) < 4.78 is 0. The first-order chi connectivity index (χ1) is 29.7. The van der Waals surface area contributed by atoms with Crippen molar-refractivity contribution < 1.29 is 15.0 Å². The molecule has 4 nitrogen and oxygen atoms in total. The topological polar surface area (TPSA) is 69.6 Å². The van der Waals surface area contributed by atoms with Crippen molar-refractivity contribution in [2.45, 2.75) is 347 Å². The van der Waals surface area contributed by atoms with E-state index in [0.717, 1.165) is 25.7 Å². The van der Waals surface area contributed by atoms with Gasteiger partial charge in [0.1, 0.15) is 0 Å². The number of hydrogen-bond acceptors (Lipinski definition) is 3. The van der Waals surface area contributed by atoms with E-state index in [0.29, 0.717) is 12.8 Å². The van der Waals surface area contributed by atoms with Crippen molar-refractivity contribution in [2.24, 2.45) is 0 Å². The van der Waals surface area contributed by atoms with E-state index in [1.54, 1.807) is 0 Å². The lowest BCUT2D eigenvalue weighted by Crippen LogP contribution is -2.45. The van der Waals surface area contributed by atoms with Crippen LogP contribution in [0.1, 0.15) is 335 Å². The lowest BCUT2D eigenvalue weighted by molar-refractivity contribution is -0.123. The largest absolute Gasteiger partial charge is 0.394 e. The summed E-state index contributed by atoms with van der Waals surface area (Å²) in [6, 6.07) is -0.530. The number of carbonyl (C=O) groups excluding carboxylic acids is 1. The van der Waals surface area contributed by atoms with Crippen LogP contribution in [0.2, 0.25) is 0 Å². The van der Waals surface area contributed by atoms with E-state index >= 15 is 0 Å². The maximum Gasteiger partial charge on any atom is 0.220 e. The lowest BCUT2D eigenvalue weighted by atomic mass is 10.0. The number of carbonyl (C=O) groups is 1. The Kier molecular flexibility index (Phi) is 52.2. The zero-order valence-corrected chi connectivity index (χ0v) is 41.5. The number of amides is 1. The van der Waals surface area contributed by atoms with Gasteiger partial charge >= 0.3 is 0 Å². The second-order valence-corrected chi connectivity index (χ2v) is 19.7. The smallest absolute Gasteiger partial charge is 0.220 e. The summed E-state index contributed by atoms with van der Waals surface area (Å²) in [5.41, 5.74) is 0. The molecule has 0 radical (unpaired) electrons. The molecule has 3 N–H and O–H groups in total. The Hall–Kier alpha value is -0.610. The van der Waals surface area contributed by atoms with Gasteiger partial charge in [-0.25, -0.2) is 0 Å². The lowest BCUT2D eigenvalue weighted by Gasteiger charge is -2.22. The maximum atomic E-state index is 12.5. The SMILES string of the molecule is CCCCCCCCCCCCCCCCCCCCCCCCCCCCCCCCCCC(=O)N[C@@H](CO)[C@H](O)CCCCCCCCCCCCCCCCCC. The highest BCUT2D eigenvalue weighted by Crippen LogP contribution is 2.18. The summed E-state index contributed by atoms with van der Waals surface area (Å²) in [7, 11) is 0. The fraction of sp³-hybridized carbons (Fsp3) is 0.982. The molecule has 0 heterocycles. The van der Waals surface area contributed by atoms with Gasteiger partial charge in [-0.05, 0) is 12.8 Å². The highest BCUT2D eigenvalue weighted by atomic mass is 16.3. The number of unbranched alkanes of at least 4 members (excludes halogenated alkanes) is 46. The highest BCUT2D eigenvalue weighted by molar-refractivity contribution is 5.76. The maximum absolute atomic E-state index is 12.5. The van der Waals surface area contributed by atoms with Crippen molar-refractivity contribution in [3.8, 4) is 0 Å². The predicted octanol–water partition coefficient (Wildman–Crippen LogP) is 18.4. The minimum atomic E-state index is -0.654. The molecule has 0 fully saturated rings. The molecule has 0 aliphatic rings. The quantitative estimate of drug-likeness (QED) is 0.0534. The summed E-state index contributed by atoms with van der Waals surface area (Å²) in [4.78, 5) is 12.5. The standard InChI is InChI=1S/C56H113NO3/c1-3-5-7-9-11-13-15-17-19-21-22-23-24-25-26-27-28-29-30-31-32-33-34-35-36-38-40-42-44-46-48-50-52-56(60)57-54(53-58)55(59)51-49-47-45-43-41-39-37-20-18-16-14-12-10-8-6-4-2/h54-55,58-59H,3-53H2,1-2H3,(H,57,60)/t54-,55+/m0/s1. The Morgan fingerprint density at radius 3 is 0.750 bits per heavy atom. The van der Waals surface area contributed by atoms with E-state index in [2.05, 4.69) is 19.2 Å². The third-order valence-corrected chi connectivity index (χ3v) is 13.6.